The average molecular weight is 484 g/mol. The molecule has 1 N–H and O–H groups in total. The van der Waals surface area contributed by atoms with Gasteiger partial charge in [-0.2, -0.15) is 0 Å². The molecule has 3 aromatic rings. The second-order valence-corrected chi connectivity index (χ2v) is 8.12. The van der Waals surface area contributed by atoms with E-state index in [1.807, 2.05) is 10.8 Å². The molecule has 1 aliphatic heterocycles. The second-order valence-electron chi connectivity index (χ2n) is 7.21. The normalized spacial score (nSPS) is 18.0. The number of rotatable bonds is 6. The van der Waals surface area contributed by atoms with Gasteiger partial charge in [0.15, 0.2) is 0 Å². The molecule has 158 valence electrons. The Labute approximate surface area is 186 Å². The molecule has 1 aromatic heterocycles. The van der Waals surface area contributed by atoms with E-state index in [2.05, 4.69) is 20.9 Å². The number of aliphatic hydroxyl groups excluding tert-OH is 1. The van der Waals surface area contributed by atoms with Gasteiger partial charge >= 0.3 is 0 Å². The Hall–Kier alpha value is -3.26. The van der Waals surface area contributed by atoms with Crippen LogP contribution in [0.25, 0.3) is 5.76 Å². The van der Waals surface area contributed by atoms with Gasteiger partial charge in [0.1, 0.15) is 11.6 Å². The van der Waals surface area contributed by atoms with Crippen molar-refractivity contribution in [3.8, 4) is 0 Å². The van der Waals surface area contributed by atoms with E-state index in [0.717, 1.165) is 4.47 Å². The van der Waals surface area contributed by atoms with Crippen molar-refractivity contribution in [2.75, 3.05) is 6.54 Å². The lowest BCUT2D eigenvalue weighted by Crippen LogP contribution is -2.31. The third-order valence-electron chi connectivity index (χ3n) is 5.20. The molecule has 0 radical (unpaired) electrons. The molecule has 0 saturated carbocycles. The van der Waals surface area contributed by atoms with E-state index in [0.29, 0.717) is 24.1 Å². The van der Waals surface area contributed by atoms with Crippen molar-refractivity contribution in [2.45, 2.75) is 19.0 Å². The van der Waals surface area contributed by atoms with Gasteiger partial charge in [0.2, 0.25) is 0 Å². The first-order chi connectivity index (χ1) is 15.0. The Balaban J connectivity index is 1.73. The molecule has 1 aliphatic rings. The molecule has 0 bridgehead atoms. The molecule has 31 heavy (non-hydrogen) atoms. The number of imidazole rings is 1. The molecule has 1 fully saturated rings. The van der Waals surface area contributed by atoms with Crippen LogP contribution in [-0.4, -0.2) is 37.8 Å². The maximum absolute atomic E-state index is 14.0. The molecule has 1 atom stereocenters. The number of Topliss-reactive ketones (excluding diaryl/α,β-unsaturated/α-hetero) is 1. The number of aromatic nitrogens is 2. The Kier molecular flexibility index (Phi) is 5.99. The summed E-state index contributed by atoms with van der Waals surface area (Å²) in [6.45, 7) is 0.868. The minimum absolute atomic E-state index is 0.0412. The number of nitrogens with zero attached hydrogens (tertiary/aromatic N) is 3. The van der Waals surface area contributed by atoms with E-state index >= 15 is 0 Å². The zero-order chi connectivity index (χ0) is 22.0. The van der Waals surface area contributed by atoms with E-state index in [9.17, 15) is 19.1 Å². The van der Waals surface area contributed by atoms with Crippen LogP contribution in [-0.2, 0) is 16.1 Å². The summed E-state index contributed by atoms with van der Waals surface area (Å²) >= 11 is 3.34. The van der Waals surface area contributed by atoms with Crippen molar-refractivity contribution >= 4 is 33.4 Å². The molecule has 4 rings (SSSR count). The molecule has 0 aliphatic carbocycles. The molecule has 2 aromatic carbocycles. The van der Waals surface area contributed by atoms with Crippen LogP contribution in [0.15, 0.2) is 77.3 Å². The quantitative estimate of drug-likeness (QED) is 0.322. The summed E-state index contributed by atoms with van der Waals surface area (Å²) in [6, 6.07) is 11.6. The number of ketones is 1. The van der Waals surface area contributed by atoms with Gasteiger partial charge in [-0.25, -0.2) is 9.37 Å². The van der Waals surface area contributed by atoms with Crippen LogP contribution in [0.4, 0.5) is 4.39 Å². The van der Waals surface area contributed by atoms with Crippen molar-refractivity contribution < 1.29 is 19.1 Å². The van der Waals surface area contributed by atoms with Gasteiger partial charge in [-0.15, -0.1) is 0 Å². The highest BCUT2D eigenvalue weighted by Gasteiger charge is 2.45. The topological polar surface area (TPSA) is 75.4 Å². The predicted octanol–water partition coefficient (Wildman–Crippen LogP) is 4.30. The van der Waals surface area contributed by atoms with Crippen LogP contribution in [0.3, 0.4) is 0 Å². The van der Waals surface area contributed by atoms with Crippen LogP contribution in [0.2, 0.25) is 0 Å². The standard InChI is InChI=1S/C23H19BrFN3O3/c24-17-7-5-15(6-8-17)21(29)19-20(16-3-1-4-18(25)13-16)28(23(31)22(19)30)11-2-10-27-12-9-26-14-27/h1,3-9,12-14,20,29H,2,10-11H2. The number of likely N-dealkylation sites (tertiary alicyclic amines) is 1. The Bertz CT molecular complexity index is 1140. The molecular formula is C23H19BrFN3O3. The van der Waals surface area contributed by atoms with Gasteiger partial charge in [0, 0.05) is 35.5 Å². The number of aryl methyl sites for hydroxylation is 1. The van der Waals surface area contributed by atoms with Crippen LogP contribution >= 0.6 is 15.9 Å². The Morgan fingerprint density at radius 1 is 1.13 bits per heavy atom. The van der Waals surface area contributed by atoms with Crippen molar-refractivity contribution in [3.63, 3.8) is 0 Å². The van der Waals surface area contributed by atoms with Crippen LogP contribution in [0.1, 0.15) is 23.6 Å². The average Bonchev–Trinajstić information content (AvgIpc) is 3.36. The number of amides is 1. The Morgan fingerprint density at radius 3 is 2.58 bits per heavy atom. The third kappa shape index (κ3) is 4.29. The van der Waals surface area contributed by atoms with Gasteiger partial charge in [0.05, 0.1) is 17.9 Å². The number of aliphatic hydroxyl groups is 1. The highest BCUT2D eigenvalue weighted by atomic mass is 79.9. The van der Waals surface area contributed by atoms with E-state index in [1.165, 1.54) is 23.1 Å². The number of hydrogen-bond acceptors (Lipinski definition) is 4. The fourth-order valence-electron chi connectivity index (χ4n) is 3.74. The number of hydrogen-bond donors (Lipinski definition) is 1. The fraction of sp³-hybridized carbons (Fsp3) is 0.174. The van der Waals surface area contributed by atoms with Crippen molar-refractivity contribution in [3.05, 3.63) is 94.2 Å². The van der Waals surface area contributed by atoms with Crippen LogP contribution in [0.5, 0.6) is 0 Å². The summed E-state index contributed by atoms with van der Waals surface area (Å²) in [5.41, 5.74) is 0.794. The SMILES string of the molecule is O=C1C(=O)N(CCCn2ccnc2)C(c2cccc(F)c2)C1=C(O)c1ccc(Br)cc1. The zero-order valence-corrected chi connectivity index (χ0v) is 18.0. The Morgan fingerprint density at radius 2 is 1.90 bits per heavy atom. The molecule has 8 heteroatoms. The van der Waals surface area contributed by atoms with Crippen molar-refractivity contribution in [1.82, 2.24) is 14.5 Å². The maximum Gasteiger partial charge on any atom is 0.295 e. The van der Waals surface area contributed by atoms with Gasteiger partial charge in [-0.1, -0.05) is 40.2 Å². The first-order valence-electron chi connectivity index (χ1n) is 9.71. The highest BCUT2D eigenvalue weighted by Crippen LogP contribution is 2.39. The number of benzene rings is 2. The number of halogens is 2. The van der Waals surface area contributed by atoms with E-state index < -0.39 is 23.5 Å². The van der Waals surface area contributed by atoms with E-state index in [-0.39, 0.29) is 17.9 Å². The highest BCUT2D eigenvalue weighted by molar-refractivity contribution is 9.10. The molecule has 2 heterocycles. The van der Waals surface area contributed by atoms with Gasteiger partial charge < -0.3 is 14.6 Å². The molecule has 1 amide bonds. The minimum Gasteiger partial charge on any atom is -0.507 e. The predicted molar refractivity (Wildman–Crippen MR) is 116 cm³/mol. The lowest BCUT2D eigenvalue weighted by atomic mass is 9.95. The summed E-state index contributed by atoms with van der Waals surface area (Å²) in [6.07, 6.45) is 5.71. The fourth-order valence-corrected chi connectivity index (χ4v) is 4.00. The largest absolute Gasteiger partial charge is 0.507 e. The third-order valence-corrected chi connectivity index (χ3v) is 5.73. The van der Waals surface area contributed by atoms with E-state index in [4.69, 9.17) is 0 Å². The number of carbonyl (C=O) groups excluding carboxylic acids is 2. The summed E-state index contributed by atoms with van der Waals surface area (Å²) in [4.78, 5) is 31.2. The summed E-state index contributed by atoms with van der Waals surface area (Å²) in [5.74, 6) is -2.25. The molecule has 0 spiro atoms. The van der Waals surface area contributed by atoms with Gasteiger partial charge in [-0.05, 0) is 36.2 Å². The second kappa shape index (κ2) is 8.85. The van der Waals surface area contributed by atoms with Crippen LogP contribution in [0, 0.1) is 5.82 Å². The summed E-state index contributed by atoms with van der Waals surface area (Å²) in [5, 5.41) is 11.0. The first-order valence-corrected chi connectivity index (χ1v) is 10.5. The van der Waals surface area contributed by atoms with Gasteiger partial charge in [0.25, 0.3) is 11.7 Å². The van der Waals surface area contributed by atoms with Gasteiger partial charge in [-0.3, -0.25) is 9.59 Å². The smallest absolute Gasteiger partial charge is 0.295 e. The molecule has 1 unspecified atom stereocenters. The van der Waals surface area contributed by atoms with Crippen molar-refractivity contribution in [2.24, 2.45) is 0 Å². The summed E-state index contributed by atoms with van der Waals surface area (Å²) in [7, 11) is 0. The minimum atomic E-state index is -0.873. The molecule has 6 nitrogen and oxygen atoms in total. The lowest BCUT2D eigenvalue weighted by Gasteiger charge is -2.25. The maximum atomic E-state index is 14.0. The van der Waals surface area contributed by atoms with Crippen molar-refractivity contribution in [1.29, 1.82) is 0 Å². The van der Waals surface area contributed by atoms with Crippen LogP contribution < -0.4 is 0 Å². The molecular weight excluding hydrogens is 465 g/mol. The number of carbonyl (C=O) groups is 2. The zero-order valence-electron chi connectivity index (χ0n) is 16.4. The monoisotopic (exact) mass is 483 g/mol. The van der Waals surface area contributed by atoms with E-state index in [1.54, 1.807) is 42.9 Å². The lowest BCUT2D eigenvalue weighted by molar-refractivity contribution is -0.139. The first kappa shape index (κ1) is 21.0. The molecule has 1 saturated heterocycles. The summed E-state index contributed by atoms with van der Waals surface area (Å²) < 4.78 is 16.7.